The molecule has 1 heterocycles. The Morgan fingerprint density at radius 2 is 2.35 bits per heavy atom. The summed E-state index contributed by atoms with van der Waals surface area (Å²) in [5.74, 6) is 1.54. The van der Waals surface area contributed by atoms with Crippen LogP contribution in [0.2, 0.25) is 0 Å². The lowest BCUT2D eigenvalue weighted by molar-refractivity contribution is -0.121. The Hall–Kier alpha value is -1.55. The van der Waals surface area contributed by atoms with Gasteiger partial charge in [-0.1, -0.05) is 6.92 Å². The average Bonchev–Trinajstić information content (AvgIpc) is 3.07. The van der Waals surface area contributed by atoms with Crippen LogP contribution in [-0.4, -0.2) is 19.1 Å². The molecule has 0 radical (unpaired) electrons. The van der Waals surface area contributed by atoms with E-state index in [2.05, 4.69) is 22.8 Å². The van der Waals surface area contributed by atoms with Crippen LogP contribution in [0.3, 0.4) is 0 Å². The maximum atomic E-state index is 11.6. The Balaban J connectivity index is 1.77. The van der Waals surface area contributed by atoms with Crippen molar-refractivity contribution in [1.29, 1.82) is 0 Å². The molecule has 1 aromatic heterocycles. The summed E-state index contributed by atoms with van der Waals surface area (Å²) in [6.45, 7) is 2.03. The number of nitrogens with one attached hydrogen (secondary N) is 1. The van der Waals surface area contributed by atoms with Gasteiger partial charge in [0.25, 0.3) is 0 Å². The van der Waals surface area contributed by atoms with Gasteiger partial charge in [-0.25, -0.2) is 0 Å². The van der Waals surface area contributed by atoms with Gasteiger partial charge in [-0.3, -0.25) is 4.79 Å². The van der Waals surface area contributed by atoms with Gasteiger partial charge in [-0.05, 0) is 47.4 Å². The molecule has 1 N–H and O–H groups in total. The molecule has 1 aliphatic carbocycles. The van der Waals surface area contributed by atoms with Gasteiger partial charge in [0.15, 0.2) is 0 Å². The second-order valence-corrected chi connectivity index (χ2v) is 6.23. The molecule has 2 atom stereocenters. The summed E-state index contributed by atoms with van der Waals surface area (Å²) >= 11 is 1.76. The smallest absolute Gasteiger partial charge is 0.220 e. The van der Waals surface area contributed by atoms with Crippen molar-refractivity contribution in [3.63, 3.8) is 0 Å². The number of rotatable bonds is 5. The fourth-order valence-corrected chi connectivity index (χ4v) is 3.65. The molecule has 4 heteroatoms. The molecular weight excluding hydrogens is 270 g/mol. The Labute approximate surface area is 122 Å². The first-order valence-electron chi connectivity index (χ1n) is 7.07. The van der Waals surface area contributed by atoms with Crippen molar-refractivity contribution in [2.45, 2.75) is 38.1 Å². The summed E-state index contributed by atoms with van der Waals surface area (Å²) in [4.78, 5) is 11.6. The van der Waals surface area contributed by atoms with E-state index in [1.54, 1.807) is 18.4 Å². The third-order valence-electron chi connectivity index (χ3n) is 3.82. The maximum Gasteiger partial charge on any atom is 0.220 e. The first-order valence-corrected chi connectivity index (χ1v) is 7.95. The number of thiophene rings is 1. The van der Waals surface area contributed by atoms with Crippen LogP contribution in [0.25, 0.3) is 10.1 Å². The van der Waals surface area contributed by atoms with E-state index in [1.807, 2.05) is 13.0 Å². The highest BCUT2D eigenvalue weighted by molar-refractivity contribution is 7.17. The number of benzene rings is 1. The van der Waals surface area contributed by atoms with Crippen LogP contribution in [-0.2, 0) is 4.79 Å². The minimum Gasteiger partial charge on any atom is -0.497 e. The van der Waals surface area contributed by atoms with Gasteiger partial charge in [0.05, 0.1) is 7.11 Å². The molecule has 0 bridgehead atoms. The van der Waals surface area contributed by atoms with E-state index >= 15 is 0 Å². The first kappa shape index (κ1) is 13.4. The predicted molar refractivity (Wildman–Crippen MR) is 82.6 cm³/mol. The van der Waals surface area contributed by atoms with Crippen molar-refractivity contribution in [3.8, 4) is 5.75 Å². The van der Waals surface area contributed by atoms with E-state index in [-0.39, 0.29) is 5.91 Å². The van der Waals surface area contributed by atoms with Crippen LogP contribution in [0.4, 0.5) is 0 Å². The Bertz CT molecular complexity index is 634. The number of carbonyl (C=O) groups is 1. The predicted octanol–water partition coefficient (Wildman–Crippen LogP) is 3.68. The SMILES string of the molecule is CCCC(=O)N[C@@H]1C[C@H]1c1csc2ccc(OC)cc12. The highest BCUT2D eigenvalue weighted by atomic mass is 32.1. The molecule has 2 aromatic rings. The summed E-state index contributed by atoms with van der Waals surface area (Å²) in [5, 5.41) is 6.61. The molecule has 0 aliphatic heterocycles. The molecule has 20 heavy (non-hydrogen) atoms. The molecule has 1 fully saturated rings. The average molecular weight is 289 g/mol. The van der Waals surface area contributed by atoms with E-state index in [0.29, 0.717) is 18.4 Å². The Morgan fingerprint density at radius 3 is 3.10 bits per heavy atom. The minimum absolute atomic E-state index is 0.178. The Morgan fingerprint density at radius 1 is 1.50 bits per heavy atom. The molecule has 3 nitrogen and oxygen atoms in total. The van der Waals surface area contributed by atoms with Gasteiger partial charge in [0, 0.05) is 23.1 Å². The lowest BCUT2D eigenvalue weighted by Crippen LogP contribution is -2.25. The second-order valence-electron chi connectivity index (χ2n) is 5.32. The van der Waals surface area contributed by atoms with Crippen molar-refractivity contribution in [2.75, 3.05) is 7.11 Å². The Kier molecular flexibility index (Phi) is 3.66. The van der Waals surface area contributed by atoms with Crippen LogP contribution in [0, 0.1) is 0 Å². The van der Waals surface area contributed by atoms with Gasteiger partial charge in [0.1, 0.15) is 5.75 Å². The lowest BCUT2D eigenvalue weighted by atomic mass is 10.1. The van der Waals surface area contributed by atoms with E-state index in [1.165, 1.54) is 15.6 Å². The molecule has 106 valence electrons. The topological polar surface area (TPSA) is 38.3 Å². The molecule has 1 saturated carbocycles. The van der Waals surface area contributed by atoms with Crippen LogP contribution in [0.1, 0.15) is 37.7 Å². The normalized spacial score (nSPS) is 20.9. The number of ether oxygens (including phenoxy) is 1. The summed E-state index contributed by atoms with van der Waals surface area (Å²) < 4.78 is 6.59. The fourth-order valence-electron chi connectivity index (χ4n) is 2.65. The van der Waals surface area contributed by atoms with Crippen LogP contribution < -0.4 is 10.1 Å². The van der Waals surface area contributed by atoms with E-state index < -0.39 is 0 Å². The third-order valence-corrected chi connectivity index (χ3v) is 4.81. The fraction of sp³-hybridized carbons (Fsp3) is 0.438. The largest absolute Gasteiger partial charge is 0.497 e. The number of methoxy groups -OCH3 is 1. The molecular formula is C16H19NO2S. The molecule has 0 unspecified atom stereocenters. The molecule has 0 spiro atoms. The second kappa shape index (κ2) is 5.44. The number of hydrogen-bond acceptors (Lipinski definition) is 3. The number of fused-ring (bicyclic) bond motifs is 1. The number of carbonyl (C=O) groups excluding carboxylic acids is 1. The molecule has 1 amide bonds. The first-order chi connectivity index (χ1) is 9.72. The van der Waals surface area contributed by atoms with Crippen molar-refractivity contribution in [1.82, 2.24) is 5.32 Å². The van der Waals surface area contributed by atoms with Crippen LogP contribution in [0.5, 0.6) is 5.75 Å². The molecule has 1 aromatic carbocycles. The van der Waals surface area contributed by atoms with Gasteiger partial charge in [-0.2, -0.15) is 0 Å². The lowest BCUT2D eigenvalue weighted by Gasteiger charge is -2.04. The van der Waals surface area contributed by atoms with E-state index in [4.69, 9.17) is 4.74 Å². The zero-order valence-corrected chi connectivity index (χ0v) is 12.6. The molecule has 0 saturated heterocycles. The van der Waals surface area contributed by atoms with Gasteiger partial charge >= 0.3 is 0 Å². The van der Waals surface area contributed by atoms with E-state index in [0.717, 1.165) is 18.6 Å². The molecule has 1 aliphatic rings. The van der Waals surface area contributed by atoms with Crippen molar-refractivity contribution >= 4 is 27.3 Å². The van der Waals surface area contributed by atoms with Gasteiger partial charge < -0.3 is 10.1 Å². The zero-order chi connectivity index (χ0) is 14.1. The summed E-state index contributed by atoms with van der Waals surface area (Å²) in [6.07, 6.45) is 2.59. The highest BCUT2D eigenvalue weighted by Crippen LogP contribution is 2.46. The summed E-state index contributed by atoms with van der Waals surface area (Å²) in [5.41, 5.74) is 1.35. The van der Waals surface area contributed by atoms with Crippen molar-refractivity contribution < 1.29 is 9.53 Å². The van der Waals surface area contributed by atoms with Crippen LogP contribution in [0.15, 0.2) is 23.6 Å². The van der Waals surface area contributed by atoms with Crippen molar-refractivity contribution in [3.05, 3.63) is 29.1 Å². The molecule has 3 rings (SSSR count). The number of hydrogen-bond donors (Lipinski definition) is 1. The van der Waals surface area contributed by atoms with E-state index in [9.17, 15) is 4.79 Å². The monoisotopic (exact) mass is 289 g/mol. The zero-order valence-electron chi connectivity index (χ0n) is 11.8. The van der Waals surface area contributed by atoms with Gasteiger partial charge in [0.2, 0.25) is 5.91 Å². The standard InChI is InChI=1S/C16H19NO2S/c1-3-4-16(18)17-14-8-11(14)13-9-20-15-6-5-10(19-2)7-12(13)15/h5-7,9,11,14H,3-4,8H2,1-2H3,(H,17,18)/t11-,14+/m0/s1. The van der Waals surface area contributed by atoms with Gasteiger partial charge in [-0.15, -0.1) is 11.3 Å². The summed E-state index contributed by atoms with van der Waals surface area (Å²) in [7, 11) is 1.69. The third kappa shape index (κ3) is 2.52. The maximum absolute atomic E-state index is 11.6. The van der Waals surface area contributed by atoms with Crippen molar-refractivity contribution in [2.24, 2.45) is 0 Å². The minimum atomic E-state index is 0.178. The quantitative estimate of drug-likeness (QED) is 0.911. The number of amides is 1. The highest BCUT2D eigenvalue weighted by Gasteiger charge is 2.40. The van der Waals surface area contributed by atoms with Crippen LogP contribution >= 0.6 is 11.3 Å². The summed E-state index contributed by atoms with van der Waals surface area (Å²) in [6, 6.07) is 6.52.